The second-order valence-electron chi connectivity index (χ2n) is 6.22. The van der Waals surface area contributed by atoms with Gasteiger partial charge < -0.3 is 14.6 Å². The molecular formula is C16H25N5. The molecule has 1 aliphatic rings. The minimum absolute atomic E-state index is 0.697. The largest absolute Gasteiger partial charge is 0.369 e. The van der Waals surface area contributed by atoms with Crippen LogP contribution in [0, 0.1) is 11.8 Å². The molecule has 0 amide bonds. The van der Waals surface area contributed by atoms with Crippen molar-refractivity contribution in [2.45, 2.75) is 33.6 Å². The highest BCUT2D eigenvalue weighted by Crippen LogP contribution is 2.28. The highest BCUT2D eigenvalue weighted by Gasteiger charge is 2.25. The number of nitrogens with zero attached hydrogens (tertiary/aromatic N) is 4. The third-order valence-electron chi connectivity index (χ3n) is 4.55. The smallest absolute Gasteiger partial charge is 0.180 e. The third kappa shape index (κ3) is 2.82. The minimum Gasteiger partial charge on any atom is -0.369 e. The predicted octanol–water partition coefficient (Wildman–Crippen LogP) is 3.03. The fraction of sp³-hybridized carbons (Fsp3) is 0.625. The molecule has 0 saturated carbocycles. The Hall–Kier alpha value is -1.78. The molecule has 2 atom stereocenters. The number of rotatable bonds is 4. The summed E-state index contributed by atoms with van der Waals surface area (Å²) >= 11 is 0. The van der Waals surface area contributed by atoms with Gasteiger partial charge in [0.25, 0.3) is 0 Å². The summed E-state index contributed by atoms with van der Waals surface area (Å²) in [6.45, 7) is 9.92. The summed E-state index contributed by atoms with van der Waals surface area (Å²) in [5.74, 6) is 3.43. The van der Waals surface area contributed by atoms with Crippen LogP contribution in [0.1, 0.15) is 33.6 Å². The lowest BCUT2D eigenvalue weighted by Crippen LogP contribution is -2.39. The van der Waals surface area contributed by atoms with E-state index in [4.69, 9.17) is 4.98 Å². The second kappa shape index (κ2) is 5.92. The van der Waals surface area contributed by atoms with Crippen LogP contribution in [0.15, 0.2) is 18.6 Å². The normalized spacial score (nSPS) is 22.7. The van der Waals surface area contributed by atoms with E-state index in [2.05, 4.69) is 40.4 Å². The summed E-state index contributed by atoms with van der Waals surface area (Å²) in [4.78, 5) is 11.7. The zero-order valence-corrected chi connectivity index (χ0v) is 13.2. The summed E-state index contributed by atoms with van der Waals surface area (Å²) < 4.78 is 2.07. The Bertz CT molecular complexity index is 606. The molecule has 21 heavy (non-hydrogen) atoms. The van der Waals surface area contributed by atoms with E-state index in [1.807, 2.05) is 18.6 Å². The summed E-state index contributed by atoms with van der Waals surface area (Å²) in [5, 5.41) is 3.39. The van der Waals surface area contributed by atoms with Crippen LogP contribution in [0.5, 0.6) is 0 Å². The van der Waals surface area contributed by atoms with E-state index in [9.17, 15) is 0 Å². The van der Waals surface area contributed by atoms with Gasteiger partial charge >= 0.3 is 0 Å². The Labute approximate surface area is 126 Å². The highest BCUT2D eigenvalue weighted by molar-refractivity contribution is 5.67. The maximum atomic E-state index is 4.83. The Morgan fingerprint density at radius 3 is 2.95 bits per heavy atom. The van der Waals surface area contributed by atoms with Crippen LogP contribution in [0.4, 0.5) is 11.6 Å². The van der Waals surface area contributed by atoms with Gasteiger partial charge in [-0.25, -0.2) is 9.97 Å². The number of anilines is 2. The van der Waals surface area contributed by atoms with Crippen LogP contribution in [-0.2, 0) is 0 Å². The van der Waals surface area contributed by atoms with Crippen LogP contribution < -0.4 is 10.2 Å². The molecule has 0 radical (unpaired) electrons. The summed E-state index contributed by atoms with van der Waals surface area (Å²) in [7, 11) is 0. The van der Waals surface area contributed by atoms with Crippen molar-refractivity contribution in [2.24, 2.45) is 11.8 Å². The maximum absolute atomic E-state index is 4.83. The monoisotopic (exact) mass is 287 g/mol. The molecule has 0 bridgehead atoms. The first-order chi connectivity index (χ1) is 10.2. The molecule has 3 rings (SSSR count). The lowest BCUT2D eigenvalue weighted by Gasteiger charge is -2.36. The Balaban J connectivity index is 1.94. The minimum atomic E-state index is 0.697. The van der Waals surface area contributed by atoms with E-state index in [1.165, 1.54) is 6.42 Å². The van der Waals surface area contributed by atoms with Gasteiger partial charge in [0.1, 0.15) is 5.82 Å². The molecule has 0 spiro atoms. The van der Waals surface area contributed by atoms with Crippen molar-refractivity contribution >= 4 is 17.3 Å². The van der Waals surface area contributed by atoms with Gasteiger partial charge in [0.2, 0.25) is 0 Å². The van der Waals surface area contributed by atoms with Crippen LogP contribution in [0.25, 0.3) is 5.65 Å². The molecule has 1 aliphatic heterocycles. The van der Waals surface area contributed by atoms with E-state index in [0.717, 1.165) is 49.3 Å². The molecule has 114 valence electrons. The molecule has 5 nitrogen and oxygen atoms in total. The SMILES string of the molecule is CCCNc1cn2ccnc2c(N2CCC(C)C(C)C2)n1. The maximum Gasteiger partial charge on any atom is 0.180 e. The Morgan fingerprint density at radius 2 is 2.19 bits per heavy atom. The number of nitrogens with one attached hydrogen (secondary N) is 1. The van der Waals surface area contributed by atoms with Gasteiger partial charge in [-0.05, 0) is 24.7 Å². The zero-order chi connectivity index (χ0) is 14.8. The van der Waals surface area contributed by atoms with E-state index >= 15 is 0 Å². The van der Waals surface area contributed by atoms with Crippen molar-refractivity contribution in [1.82, 2.24) is 14.4 Å². The number of hydrogen-bond donors (Lipinski definition) is 1. The fourth-order valence-corrected chi connectivity index (χ4v) is 2.92. The Morgan fingerprint density at radius 1 is 1.33 bits per heavy atom. The number of piperidine rings is 1. The van der Waals surface area contributed by atoms with Crippen LogP contribution >= 0.6 is 0 Å². The molecule has 2 aromatic heterocycles. The van der Waals surface area contributed by atoms with Gasteiger partial charge in [0.05, 0.1) is 6.20 Å². The summed E-state index contributed by atoms with van der Waals surface area (Å²) in [6.07, 6.45) is 8.19. The van der Waals surface area contributed by atoms with Crippen LogP contribution in [0.3, 0.4) is 0 Å². The van der Waals surface area contributed by atoms with Gasteiger partial charge in [-0.2, -0.15) is 0 Å². The molecule has 1 saturated heterocycles. The number of hydrogen-bond acceptors (Lipinski definition) is 4. The highest BCUT2D eigenvalue weighted by atomic mass is 15.2. The molecule has 0 aromatic carbocycles. The van der Waals surface area contributed by atoms with Crippen molar-refractivity contribution < 1.29 is 0 Å². The lowest BCUT2D eigenvalue weighted by molar-refractivity contribution is 0.323. The number of fused-ring (bicyclic) bond motifs is 1. The number of aromatic nitrogens is 3. The zero-order valence-electron chi connectivity index (χ0n) is 13.2. The second-order valence-corrected chi connectivity index (χ2v) is 6.22. The molecule has 5 heteroatoms. The lowest BCUT2D eigenvalue weighted by atomic mass is 9.89. The average Bonchev–Trinajstić information content (AvgIpc) is 2.95. The number of imidazole rings is 1. The first-order valence-electron chi connectivity index (χ1n) is 8.01. The van der Waals surface area contributed by atoms with E-state index in [0.29, 0.717) is 5.92 Å². The third-order valence-corrected chi connectivity index (χ3v) is 4.55. The van der Waals surface area contributed by atoms with E-state index < -0.39 is 0 Å². The van der Waals surface area contributed by atoms with Gasteiger partial charge in [0.15, 0.2) is 11.5 Å². The average molecular weight is 287 g/mol. The van der Waals surface area contributed by atoms with Crippen LogP contribution in [-0.4, -0.2) is 34.0 Å². The molecule has 2 unspecified atom stereocenters. The first kappa shape index (κ1) is 14.2. The molecular weight excluding hydrogens is 262 g/mol. The Kier molecular flexibility index (Phi) is 3.99. The molecule has 3 heterocycles. The van der Waals surface area contributed by atoms with Crippen molar-refractivity contribution in [3.05, 3.63) is 18.6 Å². The summed E-state index contributed by atoms with van der Waals surface area (Å²) in [6, 6.07) is 0. The first-order valence-corrected chi connectivity index (χ1v) is 8.01. The van der Waals surface area contributed by atoms with Gasteiger partial charge in [-0.15, -0.1) is 0 Å². The standard InChI is InChI=1S/C16H25N5/c1-4-6-17-14-11-21-9-7-18-15(21)16(19-14)20-8-5-12(2)13(3)10-20/h7,9,11-13,17H,4-6,8,10H2,1-3H3. The molecule has 2 aromatic rings. The van der Waals surface area contributed by atoms with Gasteiger partial charge in [-0.1, -0.05) is 20.8 Å². The van der Waals surface area contributed by atoms with E-state index in [-0.39, 0.29) is 0 Å². The van der Waals surface area contributed by atoms with Crippen molar-refractivity contribution in [3.63, 3.8) is 0 Å². The fourth-order valence-electron chi connectivity index (χ4n) is 2.92. The predicted molar refractivity (Wildman–Crippen MR) is 86.9 cm³/mol. The van der Waals surface area contributed by atoms with E-state index in [1.54, 1.807) is 0 Å². The molecule has 0 aliphatic carbocycles. The topological polar surface area (TPSA) is 45.5 Å². The van der Waals surface area contributed by atoms with Gasteiger partial charge in [0, 0.05) is 32.0 Å². The molecule has 1 fully saturated rings. The van der Waals surface area contributed by atoms with Crippen molar-refractivity contribution in [2.75, 3.05) is 29.9 Å². The molecule has 1 N–H and O–H groups in total. The summed E-state index contributed by atoms with van der Waals surface area (Å²) in [5.41, 5.74) is 0.957. The van der Waals surface area contributed by atoms with Gasteiger partial charge in [-0.3, -0.25) is 0 Å². The quantitative estimate of drug-likeness (QED) is 0.939. The van der Waals surface area contributed by atoms with Crippen LogP contribution in [0.2, 0.25) is 0 Å². The van der Waals surface area contributed by atoms with Crippen molar-refractivity contribution in [1.29, 1.82) is 0 Å². The van der Waals surface area contributed by atoms with Crippen molar-refractivity contribution in [3.8, 4) is 0 Å².